The van der Waals surface area contributed by atoms with Crippen LogP contribution in [0, 0.1) is 5.21 Å². The normalized spacial score (nSPS) is 12.7. The summed E-state index contributed by atoms with van der Waals surface area (Å²) in [5.41, 5.74) is 1.93. The minimum absolute atomic E-state index is 0.155. The van der Waals surface area contributed by atoms with Gasteiger partial charge in [0, 0.05) is 17.6 Å². The molecule has 1 heterocycles. The second-order valence-corrected chi connectivity index (χ2v) is 9.80. The first kappa shape index (κ1) is 26.1. The largest absolute Gasteiger partial charge is 0.633 e. The van der Waals surface area contributed by atoms with E-state index in [0.29, 0.717) is 32.0 Å². The molecule has 0 spiro atoms. The van der Waals surface area contributed by atoms with Gasteiger partial charge in [0.2, 0.25) is 5.75 Å². The number of hydrogen-bond acceptors (Lipinski definition) is 5. The second-order valence-electron chi connectivity index (χ2n) is 8.88. The number of methoxy groups -OCH3 is 1. The molecule has 0 aliphatic heterocycles. The zero-order chi connectivity index (χ0) is 24.7. The van der Waals surface area contributed by atoms with E-state index in [0.717, 1.165) is 22.0 Å². The third-order valence-corrected chi connectivity index (χ3v) is 6.33. The number of aromatic nitrogens is 2. The van der Waals surface area contributed by atoms with Gasteiger partial charge in [-0.05, 0) is 29.7 Å². The van der Waals surface area contributed by atoms with Crippen LogP contribution in [-0.4, -0.2) is 53.4 Å². The van der Waals surface area contributed by atoms with E-state index in [2.05, 4.69) is 39.9 Å². The van der Waals surface area contributed by atoms with Crippen molar-refractivity contribution >= 4 is 15.9 Å². The molecule has 0 amide bonds. The topological polar surface area (TPSA) is 70.4 Å². The summed E-state index contributed by atoms with van der Waals surface area (Å²) >= 11 is 3.49. The summed E-state index contributed by atoms with van der Waals surface area (Å²) in [4.78, 5) is 20.3. The second kappa shape index (κ2) is 11.8. The Hall–Kier alpha value is -2.52. The number of quaternary nitrogens is 1. The van der Waals surface area contributed by atoms with E-state index in [1.165, 1.54) is 13.3 Å². The molecule has 0 bridgehead atoms. The van der Waals surface area contributed by atoms with Gasteiger partial charge in [-0.15, -0.1) is 0 Å². The fourth-order valence-corrected chi connectivity index (χ4v) is 4.22. The van der Waals surface area contributed by atoms with Crippen molar-refractivity contribution in [2.75, 3.05) is 34.3 Å². The van der Waals surface area contributed by atoms with Crippen molar-refractivity contribution in [3.63, 3.8) is 0 Å². The summed E-state index contributed by atoms with van der Waals surface area (Å²) in [5, 5.41) is 12.4. The van der Waals surface area contributed by atoms with Crippen molar-refractivity contribution in [3.05, 3.63) is 97.8 Å². The number of benzene rings is 2. The Labute approximate surface area is 209 Å². The van der Waals surface area contributed by atoms with Crippen molar-refractivity contribution in [3.8, 4) is 5.75 Å². The molecule has 2 aromatic carbocycles. The Bertz CT molecular complexity index is 1110. The van der Waals surface area contributed by atoms with Crippen LogP contribution in [0.25, 0.3) is 0 Å². The highest BCUT2D eigenvalue weighted by Gasteiger charge is 2.26. The maximum atomic E-state index is 13.3. The Kier molecular flexibility index (Phi) is 9.02. The number of rotatable bonds is 11. The minimum Gasteiger partial charge on any atom is -0.633 e. The summed E-state index contributed by atoms with van der Waals surface area (Å²) in [6, 6.07) is 17.9. The maximum absolute atomic E-state index is 13.3. The highest BCUT2D eigenvalue weighted by molar-refractivity contribution is 9.10. The Morgan fingerprint density at radius 3 is 2.38 bits per heavy atom. The molecule has 3 rings (SSSR count). The van der Waals surface area contributed by atoms with E-state index < -0.39 is 0 Å². The molecule has 8 heteroatoms. The number of hydroxylamine groups is 3. The van der Waals surface area contributed by atoms with Gasteiger partial charge >= 0.3 is 0 Å². The summed E-state index contributed by atoms with van der Waals surface area (Å²) in [6.45, 7) is 4.11. The zero-order valence-electron chi connectivity index (χ0n) is 20.3. The van der Waals surface area contributed by atoms with Crippen LogP contribution in [-0.2, 0) is 13.1 Å². The summed E-state index contributed by atoms with van der Waals surface area (Å²) < 4.78 is 7.62. The lowest BCUT2D eigenvalue weighted by atomic mass is 10.1. The third-order valence-electron chi connectivity index (χ3n) is 5.80. The van der Waals surface area contributed by atoms with Crippen LogP contribution in [0.15, 0.2) is 70.1 Å². The predicted octanol–water partition coefficient (Wildman–Crippen LogP) is 4.59. The van der Waals surface area contributed by atoms with Gasteiger partial charge < -0.3 is 14.6 Å². The average Bonchev–Trinajstić information content (AvgIpc) is 2.81. The highest BCUT2D eigenvalue weighted by atomic mass is 79.9. The Balaban J connectivity index is 2.04. The number of hydrogen-bond donors (Lipinski definition) is 0. The number of likely N-dealkylation sites (N-methyl/N-ethyl adjacent to an activating group) is 1. The molecule has 0 saturated heterocycles. The molecule has 182 valence electrons. The quantitative estimate of drug-likeness (QED) is 0.269. The van der Waals surface area contributed by atoms with Crippen molar-refractivity contribution in [1.29, 1.82) is 0 Å². The lowest BCUT2D eigenvalue weighted by Gasteiger charge is -2.38. The van der Waals surface area contributed by atoms with Crippen LogP contribution >= 0.6 is 15.9 Å². The van der Waals surface area contributed by atoms with Crippen molar-refractivity contribution in [1.82, 2.24) is 14.5 Å². The van der Waals surface area contributed by atoms with E-state index in [1.54, 1.807) is 18.7 Å². The van der Waals surface area contributed by atoms with Gasteiger partial charge in [-0.1, -0.05) is 65.3 Å². The molecular weight excluding hydrogens is 496 g/mol. The van der Waals surface area contributed by atoms with Gasteiger partial charge in [-0.3, -0.25) is 14.3 Å². The van der Waals surface area contributed by atoms with Gasteiger partial charge in [-0.25, -0.2) is 4.98 Å². The molecule has 1 atom stereocenters. The van der Waals surface area contributed by atoms with E-state index in [9.17, 15) is 10.0 Å². The zero-order valence-corrected chi connectivity index (χ0v) is 21.9. The van der Waals surface area contributed by atoms with Crippen LogP contribution < -0.4 is 10.3 Å². The maximum Gasteiger partial charge on any atom is 0.296 e. The molecule has 7 nitrogen and oxygen atoms in total. The van der Waals surface area contributed by atoms with Gasteiger partial charge in [0.15, 0.2) is 0 Å². The smallest absolute Gasteiger partial charge is 0.296 e. The van der Waals surface area contributed by atoms with Crippen LogP contribution in [0.4, 0.5) is 0 Å². The monoisotopic (exact) mass is 528 g/mol. The van der Waals surface area contributed by atoms with Crippen molar-refractivity contribution < 1.29 is 9.38 Å². The molecule has 1 unspecified atom stereocenters. The third kappa shape index (κ3) is 6.99. The molecule has 0 aliphatic rings. The molecule has 1 aromatic heterocycles. The SMILES string of the molecule is CCC(c1ncc(OC)c(=O)n1Cc1ccccc1)N(CC[N+](C)(C)[O-])Cc1ccc(Br)cc1. The fraction of sp³-hybridized carbons (Fsp3) is 0.385. The van der Waals surface area contributed by atoms with E-state index >= 15 is 0 Å². The van der Waals surface area contributed by atoms with Gasteiger partial charge in [0.25, 0.3) is 5.56 Å². The molecule has 0 saturated carbocycles. The van der Waals surface area contributed by atoms with Gasteiger partial charge in [0.05, 0.1) is 46.5 Å². The fourth-order valence-electron chi connectivity index (χ4n) is 3.95. The Morgan fingerprint density at radius 2 is 1.79 bits per heavy atom. The average molecular weight is 529 g/mol. The summed E-state index contributed by atoms with van der Waals surface area (Å²) in [5.74, 6) is 0.886. The van der Waals surface area contributed by atoms with Crippen LogP contribution in [0.2, 0.25) is 0 Å². The molecule has 34 heavy (non-hydrogen) atoms. The van der Waals surface area contributed by atoms with Gasteiger partial charge in [0.1, 0.15) is 5.82 Å². The molecule has 0 aliphatic carbocycles. The van der Waals surface area contributed by atoms with Crippen LogP contribution in [0.1, 0.15) is 36.3 Å². The Morgan fingerprint density at radius 1 is 1.12 bits per heavy atom. The number of halogens is 1. The van der Waals surface area contributed by atoms with E-state index in [-0.39, 0.29) is 22.0 Å². The number of nitrogens with zero attached hydrogens (tertiary/aromatic N) is 4. The molecule has 0 radical (unpaired) electrons. The summed E-state index contributed by atoms with van der Waals surface area (Å²) in [6.07, 6.45) is 2.24. The predicted molar refractivity (Wildman–Crippen MR) is 139 cm³/mol. The highest BCUT2D eigenvalue weighted by Crippen LogP contribution is 2.26. The molecule has 0 N–H and O–H groups in total. The first-order chi connectivity index (χ1) is 16.2. The lowest BCUT2D eigenvalue weighted by Crippen LogP contribution is -2.43. The number of ether oxygens (including phenoxy) is 1. The van der Waals surface area contributed by atoms with Gasteiger partial charge in [-0.2, -0.15) is 0 Å². The van der Waals surface area contributed by atoms with E-state index in [4.69, 9.17) is 9.72 Å². The summed E-state index contributed by atoms with van der Waals surface area (Å²) in [7, 11) is 4.78. The molecule has 3 aromatic rings. The first-order valence-electron chi connectivity index (χ1n) is 11.4. The minimum atomic E-state index is -0.389. The van der Waals surface area contributed by atoms with Crippen molar-refractivity contribution in [2.45, 2.75) is 32.5 Å². The lowest BCUT2D eigenvalue weighted by molar-refractivity contribution is -0.839. The van der Waals surface area contributed by atoms with Crippen LogP contribution in [0.5, 0.6) is 5.75 Å². The van der Waals surface area contributed by atoms with E-state index in [1.807, 2.05) is 42.5 Å². The van der Waals surface area contributed by atoms with Crippen LogP contribution in [0.3, 0.4) is 0 Å². The first-order valence-corrected chi connectivity index (χ1v) is 12.2. The molecular formula is C26H33BrN4O3. The molecule has 0 fully saturated rings. The van der Waals surface area contributed by atoms with Crippen molar-refractivity contribution in [2.24, 2.45) is 0 Å². The standard InChI is InChI=1S/C26H33BrN4O3/c1-5-23(29(15-16-31(2,3)33)18-21-11-13-22(27)14-12-21)25-28-17-24(34-4)26(32)30(25)19-20-9-7-6-8-10-20/h6-14,17,23H,5,15-16,18-19H2,1-4H3.